The van der Waals surface area contributed by atoms with E-state index in [0.717, 1.165) is 19.9 Å². The van der Waals surface area contributed by atoms with Gasteiger partial charge in [-0.3, -0.25) is 4.79 Å². The first kappa shape index (κ1) is 15.8. The SMILES string of the molecule is CSc1ccc2c(c1)sc(=NC(=O)Cc1ccc(Cl)s1)n2C. The van der Waals surface area contributed by atoms with Crippen molar-refractivity contribution in [3.05, 3.63) is 44.3 Å². The van der Waals surface area contributed by atoms with E-state index < -0.39 is 0 Å². The number of carbonyl (C=O) groups is 1. The Morgan fingerprint density at radius 1 is 1.32 bits per heavy atom. The summed E-state index contributed by atoms with van der Waals surface area (Å²) in [6.07, 6.45) is 2.34. The largest absolute Gasteiger partial charge is 0.319 e. The normalized spacial score (nSPS) is 12.2. The molecule has 0 fully saturated rings. The van der Waals surface area contributed by atoms with Crippen LogP contribution < -0.4 is 4.80 Å². The van der Waals surface area contributed by atoms with Gasteiger partial charge in [-0.2, -0.15) is 4.99 Å². The molecule has 2 heterocycles. The number of benzene rings is 1. The maximum atomic E-state index is 12.1. The van der Waals surface area contributed by atoms with E-state index in [1.54, 1.807) is 17.8 Å². The van der Waals surface area contributed by atoms with Gasteiger partial charge in [0.2, 0.25) is 0 Å². The summed E-state index contributed by atoms with van der Waals surface area (Å²) in [6.45, 7) is 0. The Morgan fingerprint density at radius 3 is 2.82 bits per heavy atom. The molecule has 3 nitrogen and oxygen atoms in total. The second-order valence-electron chi connectivity index (χ2n) is 4.67. The molecule has 0 spiro atoms. The predicted octanol–water partition coefficient (Wildman–Crippen LogP) is 4.35. The monoisotopic (exact) mass is 368 g/mol. The second-order valence-corrected chi connectivity index (χ2v) is 8.35. The van der Waals surface area contributed by atoms with Gasteiger partial charge in [-0.15, -0.1) is 23.1 Å². The van der Waals surface area contributed by atoms with Gasteiger partial charge in [-0.25, -0.2) is 0 Å². The fraction of sp³-hybridized carbons (Fsp3) is 0.200. The lowest BCUT2D eigenvalue weighted by Crippen LogP contribution is -2.13. The van der Waals surface area contributed by atoms with Crippen LogP contribution in [0.3, 0.4) is 0 Å². The van der Waals surface area contributed by atoms with Gasteiger partial charge in [0.15, 0.2) is 4.80 Å². The van der Waals surface area contributed by atoms with Gasteiger partial charge >= 0.3 is 0 Å². The number of aromatic nitrogens is 1. The predicted molar refractivity (Wildman–Crippen MR) is 96.2 cm³/mol. The molecule has 0 bridgehead atoms. The first-order valence-electron chi connectivity index (χ1n) is 6.52. The van der Waals surface area contributed by atoms with Crippen LogP contribution in [0.15, 0.2) is 40.2 Å². The molecule has 3 rings (SSSR count). The lowest BCUT2D eigenvalue weighted by molar-refractivity contribution is -0.117. The molecule has 7 heteroatoms. The van der Waals surface area contributed by atoms with Crippen molar-refractivity contribution < 1.29 is 4.79 Å². The smallest absolute Gasteiger partial charge is 0.253 e. The van der Waals surface area contributed by atoms with Gasteiger partial charge in [0.25, 0.3) is 5.91 Å². The average molecular weight is 369 g/mol. The summed E-state index contributed by atoms with van der Waals surface area (Å²) in [5.41, 5.74) is 1.09. The summed E-state index contributed by atoms with van der Waals surface area (Å²) in [5, 5.41) is 0. The summed E-state index contributed by atoms with van der Waals surface area (Å²) in [6, 6.07) is 9.96. The van der Waals surface area contributed by atoms with Gasteiger partial charge in [0.05, 0.1) is 21.0 Å². The van der Waals surface area contributed by atoms with E-state index in [1.165, 1.54) is 27.6 Å². The van der Waals surface area contributed by atoms with E-state index in [1.807, 2.05) is 17.7 Å². The van der Waals surface area contributed by atoms with Crippen LogP contribution in [0, 0.1) is 0 Å². The Hall–Kier alpha value is -1.08. The Kier molecular flexibility index (Phi) is 4.73. The number of thiophene rings is 1. The van der Waals surface area contributed by atoms with Crippen molar-refractivity contribution >= 4 is 62.2 Å². The number of thioether (sulfide) groups is 1. The van der Waals surface area contributed by atoms with E-state index in [4.69, 9.17) is 11.6 Å². The van der Waals surface area contributed by atoms with Crippen LogP contribution in [0.4, 0.5) is 0 Å². The van der Waals surface area contributed by atoms with Crippen LogP contribution in [0.25, 0.3) is 10.2 Å². The summed E-state index contributed by atoms with van der Waals surface area (Å²) in [5.74, 6) is -0.147. The van der Waals surface area contributed by atoms with Crippen molar-refractivity contribution in [1.29, 1.82) is 0 Å². The Morgan fingerprint density at radius 2 is 2.14 bits per heavy atom. The van der Waals surface area contributed by atoms with Crippen LogP contribution in [0.5, 0.6) is 0 Å². The zero-order valence-corrected chi connectivity index (χ0v) is 15.2. The van der Waals surface area contributed by atoms with Crippen molar-refractivity contribution in [3.63, 3.8) is 0 Å². The summed E-state index contributed by atoms with van der Waals surface area (Å²) in [7, 11) is 1.94. The molecule has 0 saturated heterocycles. The molecule has 1 amide bonds. The lowest BCUT2D eigenvalue weighted by atomic mass is 10.3. The molecule has 0 aliphatic rings. The molecule has 0 saturated carbocycles. The summed E-state index contributed by atoms with van der Waals surface area (Å²) >= 11 is 10.5. The first-order chi connectivity index (χ1) is 10.6. The van der Waals surface area contributed by atoms with E-state index in [2.05, 4.69) is 29.4 Å². The van der Waals surface area contributed by atoms with Crippen molar-refractivity contribution in [2.75, 3.05) is 6.26 Å². The van der Waals surface area contributed by atoms with E-state index >= 15 is 0 Å². The molecule has 0 atom stereocenters. The fourth-order valence-electron chi connectivity index (χ4n) is 2.09. The molecule has 0 aliphatic carbocycles. The minimum Gasteiger partial charge on any atom is -0.319 e. The molecule has 2 aromatic heterocycles. The minimum atomic E-state index is -0.147. The van der Waals surface area contributed by atoms with Gasteiger partial charge in [-0.1, -0.05) is 22.9 Å². The molecule has 0 radical (unpaired) electrons. The average Bonchev–Trinajstić information content (AvgIpc) is 3.03. The minimum absolute atomic E-state index is 0.147. The highest BCUT2D eigenvalue weighted by molar-refractivity contribution is 7.98. The maximum Gasteiger partial charge on any atom is 0.253 e. The number of carbonyl (C=O) groups excluding carboxylic acids is 1. The van der Waals surface area contributed by atoms with E-state index in [0.29, 0.717) is 10.8 Å². The van der Waals surface area contributed by atoms with Gasteiger partial charge in [-0.05, 0) is 36.6 Å². The molecular formula is C15H13ClN2OS3. The van der Waals surface area contributed by atoms with Crippen molar-refractivity contribution in [1.82, 2.24) is 4.57 Å². The number of rotatable bonds is 3. The molecule has 0 aliphatic heterocycles. The molecule has 0 N–H and O–H groups in total. The Labute approximate surface area is 145 Å². The molecule has 22 heavy (non-hydrogen) atoms. The van der Waals surface area contributed by atoms with E-state index in [-0.39, 0.29) is 5.91 Å². The molecule has 1 aromatic carbocycles. The van der Waals surface area contributed by atoms with Crippen LogP contribution in [0.1, 0.15) is 4.88 Å². The summed E-state index contributed by atoms with van der Waals surface area (Å²) < 4.78 is 3.79. The standard InChI is InChI=1S/C15H13ClN2OS3/c1-18-11-5-3-9(20-2)7-12(11)22-15(18)17-14(19)8-10-4-6-13(16)21-10/h3-7H,8H2,1-2H3. The maximum absolute atomic E-state index is 12.1. The third-order valence-corrected chi connectivity index (χ3v) is 6.24. The number of hydrogen-bond acceptors (Lipinski definition) is 4. The topological polar surface area (TPSA) is 34.4 Å². The number of amides is 1. The van der Waals surface area contributed by atoms with Crippen molar-refractivity contribution in [3.8, 4) is 0 Å². The Balaban J connectivity index is 1.94. The van der Waals surface area contributed by atoms with Crippen LogP contribution in [-0.4, -0.2) is 16.7 Å². The number of thiazole rings is 1. The molecule has 0 unspecified atom stereocenters. The number of halogens is 1. The number of aryl methyl sites for hydroxylation is 1. The van der Waals surface area contributed by atoms with Crippen LogP contribution >= 0.6 is 46.0 Å². The molecule has 114 valence electrons. The highest BCUT2D eigenvalue weighted by Crippen LogP contribution is 2.24. The number of fused-ring (bicyclic) bond motifs is 1. The van der Waals surface area contributed by atoms with Crippen molar-refractivity contribution in [2.45, 2.75) is 11.3 Å². The Bertz CT molecular complexity index is 907. The quantitative estimate of drug-likeness (QED) is 0.644. The van der Waals surface area contributed by atoms with Crippen LogP contribution in [-0.2, 0) is 18.3 Å². The van der Waals surface area contributed by atoms with Gasteiger partial charge in [0.1, 0.15) is 0 Å². The van der Waals surface area contributed by atoms with Gasteiger partial charge < -0.3 is 4.57 Å². The third-order valence-electron chi connectivity index (χ3n) is 3.19. The first-order valence-corrected chi connectivity index (χ1v) is 9.76. The van der Waals surface area contributed by atoms with Gasteiger partial charge in [0, 0.05) is 16.8 Å². The number of hydrogen-bond donors (Lipinski definition) is 0. The van der Waals surface area contributed by atoms with Crippen molar-refractivity contribution in [2.24, 2.45) is 12.0 Å². The highest BCUT2D eigenvalue weighted by Gasteiger charge is 2.08. The van der Waals surface area contributed by atoms with Crippen LogP contribution in [0.2, 0.25) is 4.34 Å². The third kappa shape index (κ3) is 3.30. The molecular weight excluding hydrogens is 356 g/mol. The highest BCUT2D eigenvalue weighted by atomic mass is 35.5. The van der Waals surface area contributed by atoms with E-state index in [9.17, 15) is 4.79 Å². The zero-order chi connectivity index (χ0) is 15.7. The summed E-state index contributed by atoms with van der Waals surface area (Å²) in [4.78, 5) is 19.3. The number of nitrogens with zero attached hydrogens (tertiary/aromatic N) is 2. The lowest BCUT2D eigenvalue weighted by Gasteiger charge is -1.97. The second kappa shape index (κ2) is 6.58. The zero-order valence-electron chi connectivity index (χ0n) is 12.0. The fourth-order valence-corrected chi connectivity index (χ4v) is 4.76. The molecule has 3 aromatic rings.